The van der Waals surface area contributed by atoms with Crippen LogP contribution >= 0.6 is 15.6 Å². The Hall–Kier alpha value is -1.87. The van der Waals surface area contributed by atoms with Crippen LogP contribution in [0.2, 0.25) is 0 Å². The predicted octanol–water partition coefficient (Wildman–Crippen LogP) is 5.00. The van der Waals surface area contributed by atoms with Crippen molar-refractivity contribution in [1.29, 1.82) is 0 Å². The largest absolute Gasteiger partial charge is 0.481 e. The second kappa shape index (κ2) is 16.5. The molecule has 15 nitrogen and oxygen atoms in total. The van der Waals surface area contributed by atoms with Crippen LogP contribution in [-0.2, 0) is 51.1 Å². The standard InChI is InChI=1S/C37H55NO14P2/c1-4-10-33-50-31-20-28-27-14-13-24-19-25(39)15-16-35(24,2)34(27)29(40)21-36(28,3)37(31,51-33)30(41)22-49-54(45,46)52-53(43,44)48-18-17-38-32(42)23-47-26-11-8-6-5-7-9-12-26/h8,11,15-16,19,26-29,31,33-34,40H,4-7,9-10,12-14,17-18,20-23H2,1-3H3,(H,38,42)(H,43,44)(H,45,46)/b11-8-/t26?,27-,28-,29-,31+,33?,34+,35-,36-,37+/m0/s1. The van der Waals surface area contributed by atoms with Crippen LogP contribution in [0, 0.1) is 28.6 Å². The molecule has 6 aliphatic rings. The number of phosphoric ester groups is 2. The number of hydrogen-bond acceptors (Lipinski definition) is 12. The molecule has 302 valence electrons. The van der Waals surface area contributed by atoms with Gasteiger partial charge in [0.25, 0.3) is 0 Å². The van der Waals surface area contributed by atoms with E-state index in [4.69, 9.17) is 23.3 Å². The van der Waals surface area contributed by atoms with Crippen molar-refractivity contribution in [2.24, 2.45) is 28.6 Å². The van der Waals surface area contributed by atoms with Crippen LogP contribution in [-0.4, -0.2) is 88.9 Å². The molecule has 4 fully saturated rings. The zero-order valence-corrected chi connectivity index (χ0v) is 33.1. The molecule has 4 unspecified atom stereocenters. The van der Waals surface area contributed by atoms with Gasteiger partial charge in [-0.2, -0.15) is 4.31 Å². The smallest absolute Gasteiger partial charge is 0.393 e. The molecule has 1 amide bonds. The summed E-state index contributed by atoms with van der Waals surface area (Å²) >= 11 is 0. The van der Waals surface area contributed by atoms with Crippen molar-refractivity contribution in [3.8, 4) is 0 Å². The lowest BCUT2D eigenvalue weighted by Gasteiger charge is -2.59. The van der Waals surface area contributed by atoms with E-state index in [0.29, 0.717) is 32.1 Å². The van der Waals surface area contributed by atoms with Crippen molar-refractivity contribution in [1.82, 2.24) is 5.32 Å². The second-order valence-electron chi connectivity index (χ2n) is 16.0. The first-order chi connectivity index (χ1) is 25.5. The number of aliphatic hydroxyl groups is 1. The Labute approximate surface area is 316 Å². The Morgan fingerprint density at radius 3 is 2.63 bits per heavy atom. The van der Waals surface area contributed by atoms with Gasteiger partial charge in [-0.1, -0.05) is 63.8 Å². The van der Waals surface area contributed by atoms with E-state index in [1.54, 1.807) is 12.2 Å². The summed E-state index contributed by atoms with van der Waals surface area (Å²) in [6.07, 6.45) is 14.7. The topological polar surface area (TPSA) is 213 Å². The summed E-state index contributed by atoms with van der Waals surface area (Å²) in [5.41, 5.74) is -2.16. The Morgan fingerprint density at radius 2 is 1.85 bits per heavy atom. The number of carbonyl (C=O) groups excluding carboxylic acids is 3. The molecule has 4 N–H and O–H groups in total. The van der Waals surface area contributed by atoms with Gasteiger partial charge in [0, 0.05) is 23.3 Å². The molecule has 3 saturated carbocycles. The number of aliphatic hydroxyl groups excluding tert-OH is 1. The number of allylic oxidation sites excluding steroid dienone is 5. The SMILES string of the molecule is CCCC1O[C@@H]2C[C@H]3[C@@H]4CCC5=CC(=O)C=C[C@]5(C)[C@H]4[C@@H](O)C[C@]3(C)[C@]2(C(=O)COP(=O)(O)OP(=O)(O)OCCNC(=O)COC2/C=C\CCCCC2)O1. The number of Topliss-reactive ketones (excluding diaryl/α,β-unsaturated/α-hetero) is 1. The van der Waals surface area contributed by atoms with E-state index in [1.807, 2.05) is 39.0 Å². The minimum Gasteiger partial charge on any atom is -0.393 e. The van der Waals surface area contributed by atoms with Crippen LogP contribution in [0.3, 0.4) is 0 Å². The van der Waals surface area contributed by atoms with E-state index in [-0.39, 0.29) is 49.2 Å². The minimum absolute atomic E-state index is 0.0444. The third-order valence-corrected chi connectivity index (χ3v) is 15.2. The fourth-order valence-corrected chi connectivity index (χ4v) is 12.3. The van der Waals surface area contributed by atoms with Gasteiger partial charge in [0.05, 0.1) is 24.9 Å². The van der Waals surface area contributed by atoms with E-state index in [2.05, 4.69) is 9.63 Å². The Kier molecular flexibility index (Phi) is 12.8. The molecule has 0 aromatic carbocycles. The Bertz CT molecular complexity index is 1630. The molecule has 17 heteroatoms. The van der Waals surface area contributed by atoms with Crippen LogP contribution < -0.4 is 5.32 Å². The average molecular weight is 800 g/mol. The third-order valence-electron chi connectivity index (χ3n) is 12.6. The molecule has 54 heavy (non-hydrogen) atoms. The van der Waals surface area contributed by atoms with Crippen molar-refractivity contribution in [3.05, 3.63) is 36.0 Å². The third kappa shape index (κ3) is 8.38. The molecule has 0 bridgehead atoms. The van der Waals surface area contributed by atoms with Crippen LogP contribution in [0.4, 0.5) is 0 Å². The first kappa shape index (κ1) is 41.8. The van der Waals surface area contributed by atoms with Crippen LogP contribution in [0.1, 0.15) is 91.4 Å². The molecular weight excluding hydrogens is 744 g/mol. The number of nitrogens with one attached hydrogen (secondary N) is 1. The zero-order valence-electron chi connectivity index (χ0n) is 31.3. The van der Waals surface area contributed by atoms with Gasteiger partial charge in [-0.05, 0) is 75.4 Å². The lowest BCUT2D eigenvalue weighted by molar-refractivity contribution is -0.200. The summed E-state index contributed by atoms with van der Waals surface area (Å²) in [6.45, 7) is 3.90. The maximum atomic E-state index is 14.4. The minimum atomic E-state index is -5.36. The zero-order chi connectivity index (χ0) is 38.9. The van der Waals surface area contributed by atoms with Crippen molar-refractivity contribution in [2.45, 2.75) is 122 Å². The maximum Gasteiger partial charge on any atom is 0.481 e. The molecule has 1 aliphatic heterocycles. The summed E-state index contributed by atoms with van der Waals surface area (Å²) in [4.78, 5) is 59.4. The summed E-state index contributed by atoms with van der Waals surface area (Å²) in [5.74, 6) is -1.65. The van der Waals surface area contributed by atoms with E-state index in [0.717, 1.165) is 37.7 Å². The summed E-state index contributed by atoms with van der Waals surface area (Å²) in [6, 6.07) is 0. The Balaban J connectivity index is 1.06. The van der Waals surface area contributed by atoms with Gasteiger partial charge in [0.1, 0.15) is 13.2 Å². The van der Waals surface area contributed by atoms with Crippen molar-refractivity contribution >= 4 is 33.1 Å². The molecular formula is C37H55NO14P2. The fraction of sp³-hybridized carbons (Fsp3) is 0.757. The number of ether oxygens (including phenoxy) is 3. The highest BCUT2D eigenvalue weighted by atomic mass is 31.3. The number of ketones is 2. The summed E-state index contributed by atoms with van der Waals surface area (Å²) in [7, 11) is -10.6. The number of carbonyl (C=O) groups is 3. The van der Waals surface area contributed by atoms with E-state index < -0.39 is 75.5 Å². The number of hydrogen-bond donors (Lipinski definition) is 4. The van der Waals surface area contributed by atoms with E-state index >= 15 is 0 Å². The van der Waals surface area contributed by atoms with Gasteiger partial charge in [-0.15, -0.1) is 0 Å². The Morgan fingerprint density at radius 1 is 1.07 bits per heavy atom. The molecule has 6 rings (SSSR count). The van der Waals surface area contributed by atoms with Gasteiger partial charge in [-0.3, -0.25) is 23.4 Å². The maximum absolute atomic E-state index is 14.4. The van der Waals surface area contributed by atoms with Crippen molar-refractivity contribution < 1.29 is 66.0 Å². The van der Waals surface area contributed by atoms with Gasteiger partial charge in [0.2, 0.25) is 5.91 Å². The van der Waals surface area contributed by atoms with Crippen molar-refractivity contribution in [3.63, 3.8) is 0 Å². The van der Waals surface area contributed by atoms with Crippen LogP contribution in [0.25, 0.3) is 0 Å². The highest BCUT2D eigenvalue weighted by Gasteiger charge is 2.76. The van der Waals surface area contributed by atoms with Gasteiger partial charge in [-0.25, -0.2) is 9.13 Å². The van der Waals surface area contributed by atoms with Gasteiger partial charge in [0.15, 0.2) is 23.5 Å². The number of phosphoric acid groups is 2. The highest BCUT2D eigenvalue weighted by molar-refractivity contribution is 7.61. The van der Waals surface area contributed by atoms with Gasteiger partial charge >= 0.3 is 15.6 Å². The first-order valence-electron chi connectivity index (χ1n) is 19.2. The number of rotatable bonds is 15. The molecule has 12 atom stereocenters. The summed E-state index contributed by atoms with van der Waals surface area (Å²) in [5, 5.41) is 14.4. The van der Waals surface area contributed by atoms with Crippen molar-refractivity contribution in [2.75, 3.05) is 26.4 Å². The molecule has 0 aromatic heterocycles. The van der Waals surface area contributed by atoms with Crippen LogP contribution in [0.5, 0.6) is 0 Å². The monoisotopic (exact) mass is 799 g/mol. The first-order valence-corrected chi connectivity index (χ1v) is 22.2. The predicted molar refractivity (Wildman–Crippen MR) is 193 cm³/mol. The lowest BCUT2D eigenvalue weighted by Crippen LogP contribution is -2.63. The quantitative estimate of drug-likeness (QED) is 0.0976. The normalized spacial score (nSPS) is 40.1. The molecule has 1 saturated heterocycles. The molecule has 1 heterocycles. The molecule has 5 aliphatic carbocycles. The highest BCUT2D eigenvalue weighted by Crippen LogP contribution is 2.70. The second-order valence-corrected chi connectivity index (χ2v) is 19.0. The van der Waals surface area contributed by atoms with E-state index in [9.17, 15) is 38.4 Å². The number of amides is 1. The lowest BCUT2D eigenvalue weighted by atomic mass is 9.46. The van der Waals surface area contributed by atoms with Gasteiger partial charge < -0.3 is 34.4 Å². The molecule has 0 radical (unpaired) electrons. The van der Waals surface area contributed by atoms with Crippen LogP contribution in [0.15, 0.2) is 36.0 Å². The number of fused-ring (bicyclic) bond motifs is 7. The van der Waals surface area contributed by atoms with E-state index in [1.165, 1.54) is 0 Å². The molecule has 0 spiro atoms. The average Bonchev–Trinajstić information content (AvgIpc) is 3.56. The fourth-order valence-electron chi connectivity index (χ4n) is 10.3. The summed E-state index contributed by atoms with van der Waals surface area (Å²) < 4.78 is 58.3. The molecule has 0 aromatic rings.